The number of benzene rings is 2. The van der Waals surface area contributed by atoms with Crippen LogP contribution in [0.2, 0.25) is 5.02 Å². The summed E-state index contributed by atoms with van der Waals surface area (Å²) in [7, 11) is 0. The Morgan fingerprint density at radius 1 is 1.12 bits per heavy atom. The maximum absolute atomic E-state index is 11.8. The van der Waals surface area contributed by atoms with Crippen LogP contribution in [-0.2, 0) is 14.3 Å². The molecule has 0 spiro atoms. The quantitative estimate of drug-likeness (QED) is 0.605. The Morgan fingerprint density at radius 3 is 2.48 bits per heavy atom. The summed E-state index contributed by atoms with van der Waals surface area (Å²) in [6, 6.07) is 11.3. The third-order valence-corrected chi connectivity index (χ3v) is 3.60. The summed E-state index contributed by atoms with van der Waals surface area (Å²) in [6.07, 6.45) is 0.706. The van der Waals surface area contributed by atoms with E-state index in [0.717, 1.165) is 5.56 Å². The number of aryl methyl sites for hydroxylation is 1. The molecule has 0 saturated carbocycles. The van der Waals surface area contributed by atoms with E-state index in [9.17, 15) is 14.4 Å². The number of carbonyl (C=O) groups excluding carboxylic acids is 3. The highest BCUT2D eigenvalue weighted by molar-refractivity contribution is 6.31. The summed E-state index contributed by atoms with van der Waals surface area (Å²) >= 11 is 5.97. The van der Waals surface area contributed by atoms with Crippen molar-refractivity contribution in [3.63, 3.8) is 0 Å². The molecule has 0 fully saturated rings. The third kappa shape index (κ3) is 5.93. The van der Waals surface area contributed by atoms with Crippen molar-refractivity contribution in [2.45, 2.75) is 6.92 Å². The van der Waals surface area contributed by atoms with E-state index >= 15 is 0 Å². The molecule has 130 valence electrons. The smallest absolute Gasteiger partial charge is 0.344 e. The number of anilines is 1. The first kappa shape index (κ1) is 18.5. The molecule has 0 saturated heterocycles. The lowest BCUT2D eigenvalue weighted by molar-refractivity contribution is -0.149. The predicted octanol–water partition coefficient (Wildman–Crippen LogP) is 3.02. The monoisotopic (exact) mass is 361 g/mol. The Hall–Kier alpha value is -2.86. The van der Waals surface area contributed by atoms with Crippen molar-refractivity contribution < 1.29 is 23.9 Å². The summed E-state index contributed by atoms with van der Waals surface area (Å²) in [6.45, 7) is 1.07. The molecule has 6 nitrogen and oxygen atoms in total. The van der Waals surface area contributed by atoms with Crippen LogP contribution in [0.1, 0.15) is 15.9 Å². The van der Waals surface area contributed by atoms with E-state index in [4.69, 9.17) is 21.1 Å². The number of rotatable bonds is 7. The van der Waals surface area contributed by atoms with Gasteiger partial charge in [-0.05, 0) is 48.9 Å². The van der Waals surface area contributed by atoms with Crippen LogP contribution in [0, 0.1) is 6.92 Å². The van der Waals surface area contributed by atoms with Gasteiger partial charge in [0.1, 0.15) is 12.0 Å². The molecule has 0 radical (unpaired) electrons. The summed E-state index contributed by atoms with van der Waals surface area (Å²) in [5, 5.41) is 3.11. The number of carbonyl (C=O) groups is 3. The second-order valence-electron chi connectivity index (χ2n) is 5.15. The fourth-order valence-electron chi connectivity index (χ4n) is 1.84. The lowest BCUT2D eigenvalue weighted by atomic mass is 10.2. The molecule has 0 aliphatic carbocycles. The van der Waals surface area contributed by atoms with E-state index in [2.05, 4.69) is 5.32 Å². The van der Waals surface area contributed by atoms with Gasteiger partial charge in [0.2, 0.25) is 0 Å². The standard InChI is InChI=1S/C18H16ClNO5/c1-12-2-5-14(8-16(12)19)20-17(22)10-25-18(23)11-24-15-6-3-13(9-21)4-7-15/h2-9H,10-11H2,1H3,(H,20,22). The molecule has 7 heteroatoms. The van der Waals surface area contributed by atoms with Crippen molar-refractivity contribution in [3.05, 3.63) is 58.6 Å². The lowest BCUT2D eigenvalue weighted by Gasteiger charge is -2.09. The average molecular weight is 362 g/mol. The van der Waals surface area contributed by atoms with Gasteiger partial charge in [-0.1, -0.05) is 17.7 Å². The highest BCUT2D eigenvalue weighted by atomic mass is 35.5. The first-order chi connectivity index (χ1) is 12.0. The molecule has 2 aromatic carbocycles. The summed E-state index contributed by atoms with van der Waals surface area (Å²) < 4.78 is 10.0. The largest absolute Gasteiger partial charge is 0.482 e. The molecule has 25 heavy (non-hydrogen) atoms. The zero-order chi connectivity index (χ0) is 18.2. The van der Waals surface area contributed by atoms with Crippen molar-refractivity contribution in [1.29, 1.82) is 0 Å². The van der Waals surface area contributed by atoms with E-state index in [1.54, 1.807) is 42.5 Å². The number of esters is 1. The Kier molecular flexibility index (Phi) is 6.54. The number of halogens is 1. The van der Waals surface area contributed by atoms with Gasteiger partial charge in [0, 0.05) is 16.3 Å². The number of nitrogens with one attached hydrogen (secondary N) is 1. The van der Waals surface area contributed by atoms with Crippen molar-refractivity contribution >= 4 is 35.5 Å². The summed E-state index contributed by atoms with van der Waals surface area (Å²) in [4.78, 5) is 33.9. The Bertz CT molecular complexity index is 774. The average Bonchev–Trinajstić information content (AvgIpc) is 2.61. The SMILES string of the molecule is Cc1ccc(NC(=O)COC(=O)COc2ccc(C=O)cc2)cc1Cl. The third-order valence-electron chi connectivity index (χ3n) is 3.19. The van der Waals surface area contributed by atoms with Gasteiger partial charge in [0.15, 0.2) is 13.2 Å². The molecule has 1 N–H and O–H groups in total. The van der Waals surface area contributed by atoms with Crippen molar-refractivity contribution in [2.75, 3.05) is 18.5 Å². The minimum absolute atomic E-state index is 0.343. The molecule has 0 atom stereocenters. The van der Waals surface area contributed by atoms with Crippen LogP contribution < -0.4 is 10.1 Å². The molecule has 0 aromatic heterocycles. The Balaban J connectivity index is 1.73. The van der Waals surface area contributed by atoms with Crippen LogP contribution in [0.4, 0.5) is 5.69 Å². The van der Waals surface area contributed by atoms with E-state index in [1.165, 1.54) is 0 Å². The fourth-order valence-corrected chi connectivity index (χ4v) is 2.02. The van der Waals surface area contributed by atoms with Gasteiger partial charge in [-0.15, -0.1) is 0 Å². The molecule has 1 amide bonds. The van der Waals surface area contributed by atoms with Gasteiger partial charge >= 0.3 is 5.97 Å². The van der Waals surface area contributed by atoms with Crippen LogP contribution in [-0.4, -0.2) is 31.4 Å². The van der Waals surface area contributed by atoms with E-state index in [0.29, 0.717) is 28.3 Å². The molecular formula is C18H16ClNO5. The predicted molar refractivity (Wildman–Crippen MR) is 93.1 cm³/mol. The molecular weight excluding hydrogens is 346 g/mol. The van der Waals surface area contributed by atoms with Gasteiger partial charge in [0.25, 0.3) is 5.91 Å². The number of aldehydes is 1. The molecule has 0 unspecified atom stereocenters. The maximum Gasteiger partial charge on any atom is 0.344 e. The van der Waals surface area contributed by atoms with Gasteiger partial charge in [-0.2, -0.15) is 0 Å². The van der Waals surface area contributed by atoms with Crippen LogP contribution >= 0.6 is 11.6 Å². The molecule has 2 aromatic rings. The maximum atomic E-state index is 11.8. The second-order valence-corrected chi connectivity index (χ2v) is 5.56. The molecule has 0 aliphatic heterocycles. The number of hydrogen-bond acceptors (Lipinski definition) is 5. The minimum atomic E-state index is -0.684. The Morgan fingerprint density at radius 2 is 1.84 bits per heavy atom. The molecule has 0 bridgehead atoms. The van der Waals surface area contributed by atoms with E-state index in [-0.39, 0.29) is 6.61 Å². The zero-order valence-corrected chi connectivity index (χ0v) is 14.2. The fraction of sp³-hybridized carbons (Fsp3) is 0.167. The molecule has 0 aliphatic rings. The lowest BCUT2D eigenvalue weighted by Crippen LogP contribution is -2.23. The zero-order valence-electron chi connectivity index (χ0n) is 13.5. The normalized spacial score (nSPS) is 10.0. The van der Waals surface area contributed by atoms with Gasteiger partial charge < -0.3 is 14.8 Å². The van der Waals surface area contributed by atoms with Gasteiger partial charge in [-0.3, -0.25) is 9.59 Å². The van der Waals surface area contributed by atoms with E-state index in [1.807, 2.05) is 6.92 Å². The first-order valence-electron chi connectivity index (χ1n) is 7.37. The van der Waals surface area contributed by atoms with Gasteiger partial charge in [0.05, 0.1) is 0 Å². The first-order valence-corrected chi connectivity index (χ1v) is 7.75. The number of amides is 1. The minimum Gasteiger partial charge on any atom is -0.482 e. The second kappa shape index (κ2) is 8.84. The van der Waals surface area contributed by atoms with Gasteiger partial charge in [-0.25, -0.2) is 4.79 Å². The highest BCUT2D eigenvalue weighted by Crippen LogP contribution is 2.19. The molecule has 0 heterocycles. The number of ether oxygens (including phenoxy) is 2. The number of hydrogen-bond donors (Lipinski definition) is 1. The van der Waals surface area contributed by atoms with Crippen LogP contribution in [0.5, 0.6) is 5.75 Å². The van der Waals surface area contributed by atoms with E-state index < -0.39 is 18.5 Å². The topological polar surface area (TPSA) is 81.7 Å². The van der Waals surface area contributed by atoms with Crippen molar-refractivity contribution in [2.24, 2.45) is 0 Å². The highest BCUT2D eigenvalue weighted by Gasteiger charge is 2.09. The molecule has 2 rings (SSSR count). The van der Waals surface area contributed by atoms with Crippen LogP contribution in [0.3, 0.4) is 0 Å². The van der Waals surface area contributed by atoms with Crippen LogP contribution in [0.15, 0.2) is 42.5 Å². The summed E-state index contributed by atoms with van der Waals surface area (Å²) in [5.74, 6) is -0.749. The summed E-state index contributed by atoms with van der Waals surface area (Å²) in [5.41, 5.74) is 1.91. The van der Waals surface area contributed by atoms with Crippen LogP contribution in [0.25, 0.3) is 0 Å². The van der Waals surface area contributed by atoms with Crippen molar-refractivity contribution in [1.82, 2.24) is 0 Å². The van der Waals surface area contributed by atoms with Crippen molar-refractivity contribution in [3.8, 4) is 5.75 Å². The Labute approximate surface area is 149 Å².